The first-order valence-electron chi connectivity index (χ1n) is 7.54. The van der Waals surface area contributed by atoms with E-state index in [9.17, 15) is 9.59 Å². The van der Waals surface area contributed by atoms with Crippen molar-refractivity contribution in [3.8, 4) is 0 Å². The molecule has 4 nitrogen and oxygen atoms in total. The zero-order valence-corrected chi connectivity index (χ0v) is 14.6. The lowest BCUT2D eigenvalue weighted by molar-refractivity contribution is 0.102. The molecule has 3 rings (SSSR count). The Bertz CT molecular complexity index is 983. The minimum absolute atomic E-state index is 0.0597. The molecule has 126 valence electrons. The van der Waals surface area contributed by atoms with Crippen molar-refractivity contribution in [3.05, 3.63) is 98.4 Å². The van der Waals surface area contributed by atoms with Crippen LogP contribution in [0.1, 0.15) is 15.9 Å². The van der Waals surface area contributed by atoms with Crippen LogP contribution in [-0.2, 0) is 6.54 Å². The lowest BCUT2D eigenvalue weighted by Gasteiger charge is -2.09. The maximum Gasteiger partial charge on any atom is 0.263 e. The van der Waals surface area contributed by atoms with Crippen molar-refractivity contribution in [1.29, 1.82) is 0 Å². The van der Waals surface area contributed by atoms with Gasteiger partial charge in [0.25, 0.3) is 11.5 Å². The van der Waals surface area contributed by atoms with Crippen LogP contribution in [0.15, 0.2) is 71.7 Å². The Balaban J connectivity index is 1.85. The summed E-state index contributed by atoms with van der Waals surface area (Å²) in [6.07, 6.45) is 1.64. The third kappa shape index (κ3) is 4.29. The molecule has 0 aliphatic carbocycles. The van der Waals surface area contributed by atoms with Gasteiger partial charge in [0.1, 0.15) is 5.56 Å². The van der Waals surface area contributed by atoms with Crippen molar-refractivity contribution >= 4 is 34.8 Å². The molecule has 0 bridgehead atoms. The van der Waals surface area contributed by atoms with Gasteiger partial charge in [-0.1, -0.05) is 41.4 Å². The Morgan fingerprint density at radius 2 is 1.68 bits per heavy atom. The summed E-state index contributed by atoms with van der Waals surface area (Å²) in [5.41, 5.74) is 1.09. The molecule has 0 fully saturated rings. The normalized spacial score (nSPS) is 10.5. The van der Waals surface area contributed by atoms with Crippen LogP contribution in [0.25, 0.3) is 0 Å². The molecule has 1 heterocycles. The molecule has 0 spiro atoms. The number of nitrogens with zero attached hydrogens (tertiary/aromatic N) is 1. The summed E-state index contributed by atoms with van der Waals surface area (Å²) in [4.78, 5) is 25.0. The number of hydrogen-bond acceptors (Lipinski definition) is 2. The van der Waals surface area contributed by atoms with E-state index in [2.05, 4.69) is 5.32 Å². The molecule has 2 aromatic carbocycles. The smallest absolute Gasteiger partial charge is 0.263 e. The van der Waals surface area contributed by atoms with Crippen molar-refractivity contribution in [3.63, 3.8) is 0 Å². The van der Waals surface area contributed by atoms with E-state index in [1.165, 1.54) is 10.6 Å². The molecule has 25 heavy (non-hydrogen) atoms. The highest BCUT2D eigenvalue weighted by Gasteiger charge is 2.13. The number of halogens is 2. The van der Waals surface area contributed by atoms with Crippen LogP contribution in [0.2, 0.25) is 10.0 Å². The maximum atomic E-state index is 12.6. The first-order chi connectivity index (χ1) is 12.0. The van der Waals surface area contributed by atoms with Crippen LogP contribution in [0.5, 0.6) is 0 Å². The standard InChI is InChI=1S/C19H14Cl2N2O2/c20-14-5-1-4-13(10-14)12-23-9-3-8-17(19(23)25)18(24)22-16-7-2-6-15(21)11-16/h1-11H,12H2,(H,22,24). The van der Waals surface area contributed by atoms with Crippen molar-refractivity contribution in [2.24, 2.45) is 0 Å². The fourth-order valence-corrected chi connectivity index (χ4v) is 2.83. The Labute approximate surface area is 154 Å². The van der Waals surface area contributed by atoms with Gasteiger partial charge in [0.15, 0.2) is 0 Å². The lowest BCUT2D eigenvalue weighted by atomic mass is 10.2. The van der Waals surface area contributed by atoms with E-state index in [4.69, 9.17) is 23.2 Å². The average Bonchev–Trinajstić information content (AvgIpc) is 2.57. The monoisotopic (exact) mass is 372 g/mol. The third-order valence-electron chi connectivity index (χ3n) is 3.59. The van der Waals surface area contributed by atoms with E-state index in [0.717, 1.165) is 5.56 Å². The predicted molar refractivity (Wildman–Crippen MR) is 101 cm³/mol. The van der Waals surface area contributed by atoms with Crippen LogP contribution in [0, 0.1) is 0 Å². The van der Waals surface area contributed by atoms with E-state index in [0.29, 0.717) is 22.3 Å². The number of amides is 1. The van der Waals surface area contributed by atoms with Gasteiger partial charge < -0.3 is 9.88 Å². The molecule has 0 atom stereocenters. The first-order valence-corrected chi connectivity index (χ1v) is 8.29. The molecule has 0 saturated carbocycles. The molecule has 6 heteroatoms. The highest BCUT2D eigenvalue weighted by Crippen LogP contribution is 2.15. The van der Waals surface area contributed by atoms with Crippen LogP contribution in [0.4, 0.5) is 5.69 Å². The Morgan fingerprint density at radius 3 is 2.40 bits per heavy atom. The number of hydrogen-bond donors (Lipinski definition) is 1. The molecule has 3 aromatic rings. The van der Waals surface area contributed by atoms with Gasteiger partial charge in [-0.3, -0.25) is 9.59 Å². The first kappa shape index (κ1) is 17.3. The van der Waals surface area contributed by atoms with Gasteiger partial charge in [-0.25, -0.2) is 0 Å². The van der Waals surface area contributed by atoms with Gasteiger partial charge in [-0.05, 0) is 48.0 Å². The van der Waals surface area contributed by atoms with Crippen LogP contribution in [0.3, 0.4) is 0 Å². The zero-order chi connectivity index (χ0) is 17.8. The Kier molecular flexibility index (Phi) is 5.22. The molecule has 0 saturated heterocycles. The maximum absolute atomic E-state index is 12.6. The van der Waals surface area contributed by atoms with Crippen molar-refractivity contribution in [2.45, 2.75) is 6.54 Å². The van der Waals surface area contributed by atoms with E-state index in [-0.39, 0.29) is 11.1 Å². The molecule has 1 amide bonds. The summed E-state index contributed by atoms with van der Waals surface area (Å²) in [6, 6.07) is 17.2. The number of rotatable bonds is 4. The number of pyridine rings is 1. The fraction of sp³-hybridized carbons (Fsp3) is 0.0526. The average molecular weight is 373 g/mol. The summed E-state index contributed by atoms with van der Waals surface area (Å²) in [5.74, 6) is -0.479. The third-order valence-corrected chi connectivity index (χ3v) is 4.06. The summed E-state index contributed by atoms with van der Waals surface area (Å²) in [7, 11) is 0. The Morgan fingerprint density at radius 1 is 0.960 bits per heavy atom. The summed E-state index contributed by atoms with van der Waals surface area (Å²) < 4.78 is 1.47. The second-order valence-corrected chi connectivity index (χ2v) is 6.32. The van der Waals surface area contributed by atoms with Crippen molar-refractivity contribution in [1.82, 2.24) is 4.57 Å². The van der Waals surface area contributed by atoms with Crippen LogP contribution >= 0.6 is 23.2 Å². The molecule has 0 radical (unpaired) electrons. The molecule has 0 unspecified atom stereocenters. The highest BCUT2D eigenvalue weighted by molar-refractivity contribution is 6.31. The SMILES string of the molecule is O=C(Nc1cccc(Cl)c1)c1cccn(Cc2cccc(Cl)c2)c1=O. The molecule has 1 N–H and O–H groups in total. The molecule has 1 aromatic heterocycles. The van der Waals surface area contributed by atoms with Crippen LogP contribution < -0.4 is 10.9 Å². The van der Waals surface area contributed by atoms with E-state index < -0.39 is 5.91 Å². The second kappa shape index (κ2) is 7.55. The number of carbonyl (C=O) groups is 1. The summed E-state index contributed by atoms with van der Waals surface area (Å²) in [5, 5.41) is 3.78. The van der Waals surface area contributed by atoms with Gasteiger partial charge in [-0.15, -0.1) is 0 Å². The van der Waals surface area contributed by atoms with Gasteiger partial charge in [-0.2, -0.15) is 0 Å². The second-order valence-electron chi connectivity index (χ2n) is 5.45. The van der Waals surface area contributed by atoms with Crippen molar-refractivity contribution in [2.75, 3.05) is 5.32 Å². The number of carbonyl (C=O) groups excluding carboxylic acids is 1. The minimum atomic E-state index is -0.479. The predicted octanol–water partition coefficient (Wildman–Crippen LogP) is 4.46. The fourth-order valence-electron chi connectivity index (χ4n) is 2.43. The van der Waals surface area contributed by atoms with Crippen LogP contribution in [-0.4, -0.2) is 10.5 Å². The largest absolute Gasteiger partial charge is 0.322 e. The summed E-state index contributed by atoms with van der Waals surface area (Å²) in [6.45, 7) is 0.331. The molecular weight excluding hydrogens is 359 g/mol. The lowest BCUT2D eigenvalue weighted by Crippen LogP contribution is -2.29. The van der Waals surface area contributed by atoms with Crippen molar-refractivity contribution < 1.29 is 4.79 Å². The summed E-state index contributed by atoms with van der Waals surface area (Å²) >= 11 is 11.9. The molecule has 0 aliphatic rings. The van der Waals surface area contributed by atoms with Gasteiger partial charge in [0.05, 0.1) is 6.54 Å². The number of benzene rings is 2. The molecular formula is C19H14Cl2N2O2. The number of aromatic nitrogens is 1. The van der Waals surface area contributed by atoms with E-state index >= 15 is 0 Å². The zero-order valence-electron chi connectivity index (χ0n) is 13.1. The number of anilines is 1. The molecule has 0 aliphatic heterocycles. The van der Waals surface area contributed by atoms with Gasteiger partial charge in [0.2, 0.25) is 0 Å². The minimum Gasteiger partial charge on any atom is -0.322 e. The van der Waals surface area contributed by atoms with Gasteiger partial charge in [0, 0.05) is 21.9 Å². The topological polar surface area (TPSA) is 51.1 Å². The van der Waals surface area contributed by atoms with E-state index in [1.54, 1.807) is 48.7 Å². The Hall–Kier alpha value is -2.56. The highest BCUT2D eigenvalue weighted by atomic mass is 35.5. The van der Waals surface area contributed by atoms with E-state index in [1.807, 2.05) is 12.1 Å². The van der Waals surface area contributed by atoms with Gasteiger partial charge >= 0.3 is 0 Å². The number of nitrogens with one attached hydrogen (secondary N) is 1. The quantitative estimate of drug-likeness (QED) is 0.734.